The van der Waals surface area contributed by atoms with Gasteiger partial charge in [0.1, 0.15) is 5.82 Å². The van der Waals surface area contributed by atoms with Crippen molar-refractivity contribution >= 4 is 34.8 Å². The molecule has 0 atom stereocenters. The van der Waals surface area contributed by atoms with E-state index in [1.165, 1.54) is 30.3 Å². The molecule has 0 aliphatic carbocycles. The Bertz CT molecular complexity index is 734. The number of halogens is 2. The first-order chi connectivity index (χ1) is 9.88. The third-order valence-electron chi connectivity index (χ3n) is 2.74. The molecule has 0 radical (unpaired) electrons. The van der Waals surface area contributed by atoms with Crippen LogP contribution < -0.4 is 16.8 Å². The number of carbonyl (C=O) groups is 2. The fourth-order valence-electron chi connectivity index (χ4n) is 1.68. The molecule has 0 bridgehead atoms. The normalized spacial score (nSPS) is 10.2. The van der Waals surface area contributed by atoms with Crippen LogP contribution in [0.2, 0.25) is 5.02 Å². The molecule has 21 heavy (non-hydrogen) atoms. The number of nitrogen functional groups attached to an aromatic ring is 1. The lowest BCUT2D eigenvalue weighted by atomic mass is 10.1. The minimum absolute atomic E-state index is 0.161. The molecule has 0 saturated heterocycles. The zero-order valence-corrected chi connectivity index (χ0v) is 11.4. The summed E-state index contributed by atoms with van der Waals surface area (Å²) in [6.45, 7) is 0. The van der Waals surface area contributed by atoms with Crippen molar-refractivity contribution in [2.24, 2.45) is 5.73 Å². The van der Waals surface area contributed by atoms with E-state index in [0.29, 0.717) is 0 Å². The Balaban J connectivity index is 2.31. The van der Waals surface area contributed by atoms with Gasteiger partial charge in [-0.3, -0.25) is 9.59 Å². The summed E-state index contributed by atoms with van der Waals surface area (Å²) in [4.78, 5) is 23.1. The van der Waals surface area contributed by atoms with Gasteiger partial charge in [-0.2, -0.15) is 0 Å². The third-order valence-corrected chi connectivity index (χ3v) is 3.07. The Kier molecular flexibility index (Phi) is 4.09. The average molecular weight is 308 g/mol. The van der Waals surface area contributed by atoms with Gasteiger partial charge in [0.2, 0.25) is 5.91 Å². The molecule has 0 aliphatic rings. The maximum absolute atomic E-state index is 13.7. The van der Waals surface area contributed by atoms with Gasteiger partial charge in [-0.15, -0.1) is 0 Å². The number of amides is 2. The predicted octanol–water partition coefficient (Wildman–Crippen LogP) is 2.41. The van der Waals surface area contributed by atoms with E-state index in [4.69, 9.17) is 23.1 Å². The van der Waals surface area contributed by atoms with E-state index in [0.717, 1.165) is 6.07 Å². The lowest BCUT2D eigenvalue weighted by Crippen LogP contribution is -2.16. The van der Waals surface area contributed by atoms with Crippen LogP contribution in [0.15, 0.2) is 36.4 Å². The second kappa shape index (κ2) is 5.80. The first-order valence-corrected chi connectivity index (χ1v) is 6.22. The van der Waals surface area contributed by atoms with Crippen LogP contribution in [0.4, 0.5) is 15.8 Å². The van der Waals surface area contributed by atoms with Crippen LogP contribution in [-0.2, 0) is 0 Å². The molecule has 2 aromatic rings. The molecule has 0 aromatic heterocycles. The van der Waals surface area contributed by atoms with Gasteiger partial charge in [0.05, 0.1) is 16.3 Å². The standard InChI is InChI=1S/C14H11ClFN3O2/c15-10-4-1-7(13(18)20)5-12(10)19-14(21)9-3-2-8(17)6-11(9)16/h1-6H,17H2,(H2,18,20)(H,19,21). The molecule has 2 aromatic carbocycles. The largest absolute Gasteiger partial charge is 0.399 e. The molecule has 5 N–H and O–H groups in total. The van der Waals surface area contributed by atoms with E-state index in [1.54, 1.807) is 0 Å². The highest BCUT2D eigenvalue weighted by Crippen LogP contribution is 2.24. The predicted molar refractivity (Wildman–Crippen MR) is 78.7 cm³/mol. The van der Waals surface area contributed by atoms with Crippen molar-refractivity contribution in [3.63, 3.8) is 0 Å². The summed E-state index contributed by atoms with van der Waals surface area (Å²) in [5.41, 5.74) is 10.9. The summed E-state index contributed by atoms with van der Waals surface area (Å²) in [5.74, 6) is -2.13. The topological polar surface area (TPSA) is 98.2 Å². The zero-order chi connectivity index (χ0) is 15.6. The number of rotatable bonds is 3. The van der Waals surface area contributed by atoms with Crippen molar-refractivity contribution in [1.29, 1.82) is 0 Å². The summed E-state index contributed by atoms with van der Waals surface area (Å²) in [6, 6.07) is 7.85. The second-order valence-electron chi connectivity index (χ2n) is 4.25. The van der Waals surface area contributed by atoms with Crippen molar-refractivity contribution in [3.05, 3.63) is 58.4 Å². The molecule has 0 unspecified atom stereocenters. The molecular formula is C14H11ClFN3O2. The number of benzene rings is 2. The van der Waals surface area contributed by atoms with Crippen LogP contribution in [0.3, 0.4) is 0 Å². The first-order valence-electron chi connectivity index (χ1n) is 5.84. The van der Waals surface area contributed by atoms with Crippen molar-refractivity contribution in [3.8, 4) is 0 Å². The number of hydrogen-bond acceptors (Lipinski definition) is 3. The quantitative estimate of drug-likeness (QED) is 0.759. The molecule has 108 valence electrons. The molecule has 0 heterocycles. The Morgan fingerprint density at radius 2 is 1.86 bits per heavy atom. The second-order valence-corrected chi connectivity index (χ2v) is 4.66. The highest BCUT2D eigenvalue weighted by atomic mass is 35.5. The fourth-order valence-corrected chi connectivity index (χ4v) is 1.84. The molecule has 0 spiro atoms. The Hall–Kier alpha value is -2.60. The number of carbonyl (C=O) groups excluding carboxylic acids is 2. The van der Waals surface area contributed by atoms with Crippen LogP contribution >= 0.6 is 11.6 Å². The summed E-state index contributed by atoms with van der Waals surface area (Å²) >= 11 is 5.92. The van der Waals surface area contributed by atoms with Gasteiger partial charge in [-0.25, -0.2) is 4.39 Å². The number of nitrogens with two attached hydrogens (primary N) is 2. The lowest BCUT2D eigenvalue weighted by Gasteiger charge is -2.09. The highest BCUT2D eigenvalue weighted by Gasteiger charge is 2.14. The number of anilines is 2. The van der Waals surface area contributed by atoms with Crippen LogP contribution in [0, 0.1) is 5.82 Å². The molecule has 2 rings (SSSR count). The van der Waals surface area contributed by atoms with Gasteiger partial charge in [-0.05, 0) is 36.4 Å². The van der Waals surface area contributed by atoms with E-state index in [2.05, 4.69) is 5.32 Å². The highest BCUT2D eigenvalue weighted by molar-refractivity contribution is 6.34. The average Bonchev–Trinajstić information content (AvgIpc) is 2.40. The molecule has 0 saturated carbocycles. The van der Waals surface area contributed by atoms with E-state index >= 15 is 0 Å². The van der Waals surface area contributed by atoms with Crippen molar-refractivity contribution in [2.45, 2.75) is 0 Å². The van der Waals surface area contributed by atoms with Gasteiger partial charge < -0.3 is 16.8 Å². The number of primary amides is 1. The Morgan fingerprint density at radius 1 is 1.14 bits per heavy atom. The van der Waals surface area contributed by atoms with Crippen LogP contribution in [0.5, 0.6) is 0 Å². The molecular weight excluding hydrogens is 297 g/mol. The minimum atomic E-state index is -0.755. The lowest BCUT2D eigenvalue weighted by molar-refractivity contribution is 0.0995. The van der Waals surface area contributed by atoms with Gasteiger partial charge in [-0.1, -0.05) is 11.6 Å². The van der Waals surface area contributed by atoms with E-state index in [-0.39, 0.29) is 27.5 Å². The van der Waals surface area contributed by atoms with Gasteiger partial charge in [0, 0.05) is 11.3 Å². The summed E-state index contributed by atoms with van der Waals surface area (Å²) < 4.78 is 13.7. The Labute approximate surface area is 124 Å². The molecule has 2 amide bonds. The fraction of sp³-hybridized carbons (Fsp3) is 0. The van der Waals surface area contributed by atoms with Crippen LogP contribution in [-0.4, -0.2) is 11.8 Å². The number of nitrogens with one attached hydrogen (secondary N) is 1. The molecule has 7 heteroatoms. The number of hydrogen-bond donors (Lipinski definition) is 3. The molecule has 5 nitrogen and oxygen atoms in total. The van der Waals surface area contributed by atoms with Crippen molar-refractivity contribution in [1.82, 2.24) is 0 Å². The van der Waals surface area contributed by atoms with Crippen LogP contribution in [0.1, 0.15) is 20.7 Å². The van der Waals surface area contributed by atoms with Crippen molar-refractivity contribution < 1.29 is 14.0 Å². The van der Waals surface area contributed by atoms with Crippen molar-refractivity contribution in [2.75, 3.05) is 11.1 Å². The SMILES string of the molecule is NC(=O)c1ccc(Cl)c(NC(=O)c2ccc(N)cc2F)c1. The Morgan fingerprint density at radius 3 is 2.48 bits per heavy atom. The molecule has 0 aliphatic heterocycles. The maximum Gasteiger partial charge on any atom is 0.258 e. The smallest absolute Gasteiger partial charge is 0.258 e. The summed E-state index contributed by atoms with van der Waals surface area (Å²) in [6.07, 6.45) is 0. The zero-order valence-electron chi connectivity index (χ0n) is 10.7. The van der Waals surface area contributed by atoms with E-state index in [1.807, 2.05) is 0 Å². The third kappa shape index (κ3) is 3.29. The van der Waals surface area contributed by atoms with E-state index < -0.39 is 17.6 Å². The minimum Gasteiger partial charge on any atom is -0.399 e. The summed E-state index contributed by atoms with van der Waals surface area (Å²) in [7, 11) is 0. The van der Waals surface area contributed by atoms with E-state index in [9.17, 15) is 14.0 Å². The van der Waals surface area contributed by atoms with Gasteiger partial charge in [0.15, 0.2) is 0 Å². The van der Waals surface area contributed by atoms with Crippen LogP contribution in [0.25, 0.3) is 0 Å². The van der Waals surface area contributed by atoms with Gasteiger partial charge in [0.25, 0.3) is 5.91 Å². The maximum atomic E-state index is 13.7. The first kappa shape index (κ1) is 14.8. The monoisotopic (exact) mass is 307 g/mol. The summed E-state index contributed by atoms with van der Waals surface area (Å²) in [5, 5.41) is 2.62. The molecule has 0 fully saturated rings. The van der Waals surface area contributed by atoms with Gasteiger partial charge >= 0.3 is 0 Å².